The van der Waals surface area contributed by atoms with Crippen molar-refractivity contribution in [2.75, 3.05) is 12.4 Å². The van der Waals surface area contributed by atoms with E-state index < -0.39 is 16.4 Å². The van der Waals surface area contributed by atoms with Crippen LogP contribution in [-0.4, -0.2) is 28.3 Å². The first kappa shape index (κ1) is 17.7. The van der Waals surface area contributed by atoms with Gasteiger partial charge < -0.3 is 15.0 Å². The number of carbonyl (C=O) groups excluding carboxylic acids is 1. The van der Waals surface area contributed by atoms with E-state index in [0.717, 1.165) is 5.75 Å². The summed E-state index contributed by atoms with van der Waals surface area (Å²) in [5.74, 6) is 1.41. The largest absolute Gasteiger partial charge is 0.457 e. The molecule has 0 saturated carbocycles. The summed E-state index contributed by atoms with van der Waals surface area (Å²) < 4.78 is 5.68. The van der Waals surface area contributed by atoms with Crippen LogP contribution in [-0.2, 0) is 0 Å². The number of benzene rings is 2. The fraction of sp³-hybridized carbons (Fsp3) is 0.188. The number of amides is 2. The van der Waals surface area contributed by atoms with Gasteiger partial charge in [-0.15, -0.1) is 23.2 Å². The van der Waals surface area contributed by atoms with E-state index >= 15 is 0 Å². The van der Waals surface area contributed by atoms with Gasteiger partial charge in [0.05, 0.1) is 0 Å². The molecule has 23 heavy (non-hydrogen) atoms. The van der Waals surface area contributed by atoms with Gasteiger partial charge >= 0.3 is 6.03 Å². The number of nitrogens with one attached hydrogen (secondary N) is 1. The first-order valence-corrected chi connectivity index (χ1v) is 8.07. The fourth-order valence-electron chi connectivity index (χ4n) is 1.72. The number of hydrogen-bond acceptors (Lipinski definition) is 2. The SMILES string of the molecule is CN(C(=O)Nc1ccc(Oc2ccccc2)cc1)C(Cl)C(Cl)Cl. The van der Waals surface area contributed by atoms with Crippen LogP contribution in [0, 0.1) is 0 Å². The Balaban J connectivity index is 1.96. The minimum Gasteiger partial charge on any atom is -0.457 e. The highest BCUT2D eigenvalue weighted by molar-refractivity contribution is 6.48. The van der Waals surface area contributed by atoms with Gasteiger partial charge in [0.25, 0.3) is 0 Å². The minimum absolute atomic E-state index is 0.409. The lowest BCUT2D eigenvalue weighted by Crippen LogP contribution is -2.40. The second-order valence-electron chi connectivity index (χ2n) is 4.69. The van der Waals surface area contributed by atoms with Gasteiger partial charge in [0, 0.05) is 12.7 Å². The van der Waals surface area contributed by atoms with E-state index in [2.05, 4.69) is 5.32 Å². The highest BCUT2D eigenvalue weighted by atomic mass is 35.5. The van der Waals surface area contributed by atoms with E-state index in [-0.39, 0.29) is 0 Å². The van der Waals surface area contributed by atoms with Gasteiger partial charge in [0.1, 0.15) is 21.8 Å². The molecule has 0 fully saturated rings. The normalized spacial score (nSPS) is 11.9. The highest BCUT2D eigenvalue weighted by Crippen LogP contribution is 2.23. The summed E-state index contributed by atoms with van der Waals surface area (Å²) in [6, 6.07) is 16.0. The molecule has 0 aliphatic carbocycles. The molecular formula is C16H15Cl3N2O2. The third kappa shape index (κ3) is 5.20. The van der Waals surface area contributed by atoms with Gasteiger partial charge in [-0.25, -0.2) is 4.79 Å². The number of alkyl halides is 3. The predicted molar refractivity (Wildman–Crippen MR) is 94.9 cm³/mol. The van der Waals surface area contributed by atoms with E-state index in [4.69, 9.17) is 39.5 Å². The zero-order valence-electron chi connectivity index (χ0n) is 12.2. The summed E-state index contributed by atoms with van der Waals surface area (Å²) in [6.45, 7) is 0. The molecule has 0 bridgehead atoms. The zero-order chi connectivity index (χ0) is 16.8. The van der Waals surface area contributed by atoms with Gasteiger partial charge in [-0.05, 0) is 36.4 Å². The van der Waals surface area contributed by atoms with Gasteiger partial charge in [0.2, 0.25) is 0 Å². The Morgan fingerprint density at radius 1 is 1.00 bits per heavy atom. The lowest BCUT2D eigenvalue weighted by atomic mass is 10.3. The number of nitrogens with zero attached hydrogens (tertiary/aromatic N) is 1. The van der Waals surface area contributed by atoms with E-state index in [1.54, 1.807) is 24.3 Å². The average molecular weight is 374 g/mol. The molecule has 2 rings (SSSR count). The second-order valence-corrected chi connectivity index (χ2v) is 6.30. The molecule has 7 heteroatoms. The first-order valence-electron chi connectivity index (χ1n) is 6.76. The topological polar surface area (TPSA) is 41.6 Å². The molecule has 0 spiro atoms. The van der Waals surface area contributed by atoms with Crippen molar-refractivity contribution < 1.29 is 9.53 Å². The molecular weight excluding hydrogens is 359 g/mol. The van der Waals surface area contributed by atoms with Crippen molar-refractivity contribution in [2.45, 2.75) is 10.3 Å². The van der Waals surface area contributed by atoms with E-state index in [1.807, 2.05) is 30.3 Å². The molecule has 2 aromatic rings. The van der Waals surface area contributed by atoms with Gasteiger partial charge in [-0.1, -0.05) is 29.8 Å². The van der Waals surface area contributed by atoms with Crippen LogP contribution in [0.4, 0.5) is 10.5 Å². The third-order valence-corrected chi connectivity index (χ3v) is 4.26. The molecule has 0 aliphatic rings. The summed E-state index contributed by atoms with van der Waals surface area (Å²) in [6.07, 6.45) is 0. The lowest BCUT2D eigenvalue weighted by Gasteiger charge is -2.24. The molecule has 1 N–H and O–H groups in total. The van der Waals surface area contributed by atoms with E-state index in [1.165, 1.54) is 11.9 Å². The smallest absolute Gasteiger partial charge is 0.322 e. The Bertz CT molecular complexity index is 636. The molecule has 0 heterocycles. The van der Waals surface area contributed by atoms with Crippen LogP contribution in [0.15, 0.2) is 54.6 Å². The first-order chi connectivity index (χ1) is 11.0. The quantitative estimate of drug-likeness (QED) is 0.570. The molecule has 2 amide bonds. The number of halogens is 3. The Labute approximate surface area is 149 Å². The number of rotatable bonds is 5. The molecule has 0 aromatic heterocycles. The molecule has 0 saturated heterocycles. The minimum atomic E-state index is -0.880. The summed E-state index contributed by atoms with van der Waals surface area (Å²) in [4.78, 5) is 12.4. The summed E-state index contributed by atoms with van der Waals surface area (Å²) in [5, 5.41) is 2.70. The van der Waals surface area contributed by atoms with Crippen molar-refractivity contribution in [1.29, 1.82) is 0 Å². The Morgan fingerprint density at radius 3 is 2.13 bits per heavy atom. The van der Waals surface area contributed by atoms with Gasteiger partial charge in [0.15, 0.2) is 0 Å². The molecule has 2 aromatic carbocycles. The van der Waals surface area contributed by atoms with Crippen molar-refractivity contribution in [2.24, 2.45) is 0 Å². The summed E-state index contributed by atoms with van der Waals surface area (Å²) >= 11 is 17.3. The van der Waals surface area contributed by atoms with E-state index in [9.17, 15) is 4.79 Å². The maximum atomic E-state index is 12.0. The van der Waals surface area contributed by atoms with Crippen LogP contribution < -0.4 is 10.1 Å². The number of hydrogen-bond donors (Lipinski definition) is 1. The maximum Gasteiger partial charge on any atom is 0.322 e. The monoisotopic (exact) mass is 372 g/mol. The fourth-order valence-corrected chi connectivity index (χ4v) is 2.15. The summed E-state index contributed by atoms with van der Waals surface area (Å²) in [7, 11) is 1.51. The molecule has 0 radical (unpaired) electrons. The Morgan fingerprint density at radius 2 is 1.57 bits per heavy atom. The second kappa shape index (κ2) is 8.29. The van der Waals surface area contributed by atoms with Crippen molar-refractivity contribution in [3.05, 3.63) is 54.6 Å². The van der Waals surface area contributed by atoms with Crippen LogP contribution in [0.1, 0.15) is 0 Å². The predicted octanol–water partition coefficient (Wildman–Crippen LogP) is 5.31. The van der Waals surface area contributed by atoms with Gasteiger partial charge in [-0.3, -0.25) is 0 Å². The van der Waals surface area contributed by atoms with Crippen molar-refractivity contribution >= 4 is 46.5 Å². The standard InChI is InChI=1S/C16H15Cl3N2O2/c1-21(15(19)14(17)18)16(22)20-11-7-9-13(10-8-11)23-12-5-3-2-4-6-12/h2-10,14-15H,1H3,(H,20,22). The highest BCUT2D eigenvalue weighted by Gasteiger charge is 2.23. The summed E-state index contributed by atoms with van der Waals surface area (Å²) in [5.41, 5.74) is -0.217. The zero-order valence-corrected chi connectivity index (χ0v) is 14.5. The lowest BCUT2D eigenvalue weighted by molar-refractivity contribution is 0.219. The van der Waals surface area contributed by atoms with Crippen LogP contribution in [0.25, 0.3) is 0 Å². The van der Waals surface area contributed by atoms with E-state index in [0.29, 0.717) is 11.4 Å². The van der Waals surface area contributed by atoms with Crippen molar-refractivity contribution in [3.63, 3.8) is 0 Å². The number of anilines is 1. The van der Waals surface area contributed by atoms with Crippen LogP contribution >= 0.6 is 34.8 Å². The van der Waals surface area contributed by atoms with Crippen LogP contribution in [0.2, 0.25) is 0 Å². The van der Waals surface area contributed by atoms with Crippen molar-refractivity contribution in [3.8, 4) is 11.5 Å². The number of ether oxygens (including phenoxy) is 1. The number of para-hydroxylation sites is 1. The van der Waals surface area contributed by atoms with Gasteiger partial charge in [-0.2, -0.15) is 0 Å². The Hall–Kier alpha value is -1.62. The Kier molecular flexibility index (Phi) is 6.39. The molecule has 0 aliphatic heterocycles. The van der Waals surface area contributed by atoms with Crippen LogP contribution in [0.5, 0.6) is 11.5 Å². The average Bonchev–Trinajstić information content (AvgIpc) is 2.56. The number of carbonyl (C=O) groups is 1. The maximum absolute atomic E-state index is 12.0. The number of urea groups is 1. The third-order valence-electron chi connectivity index (χ3n) is 2.98. The molecule has 4 nitrogen and oxygen atoms in total. The molecule has 1 atom stereocenters. The molecule has 1 unspecified atom stereocenters. The molecule has 122 valence electrons. The van der Waals surface area contributed by atoms with Crippen molar-refractivity contribution in [1.82, 2.24) is 4.90 Å². The van der Waals surface area contributed by atoms with Crippen LogP contribution in [0.3, 0.4) is 0 Å².